The van der Waals surface area contributed by atoms with Gasteiger partial charge in [0.2, 0.25) is 15.9 Å². The lowest BCUT2D eigenvalue weighted by molar-refractivity contribution is -0.140. The molecule has 0 heterocycles. The minimum atomic E-state index is -4.51. The average molecular weight is 390 g/mol. The van der Waals surface area contributed by atoms with Crippen LogP contribution in [0.25, 0.3) is 0 Å². The first-order chi connectivity index (χ1) is 12.0. The Labute approximate surface area is 149 Å². The van der Waals surface area contributed by atoms with Crippen LogP contribution in [-0.2, 0) is 24.3 Å². The van der Waals surface area contributed by atoms with Gasteiger partial charge >= 0.3 is 11.9 Å². The van der Waals surface area contributed by atoms with Gasteiger partial charge in [-0.25, -0.2) is 17.6 Å². The highest BCUT2D eigenvalue weighted by Crippen LogP contribution is 2.24. The summed E-state index contributed by atoms with van der Waals surface area (Å²) in [5.74, 6) is -3.81. The van der Waals surface area contributed by atoms with Crippen molar-refractivity contribution in [2.75, 3.05) is 20.2 Å². The molecular formula is C15H19FN2O7S. The van der Waals surface area contributed by atoms with Crippen LogP contribution in [-0.4, -0.2) is 61.9 Å². The quantitative estimate of drug-likeness (QED) is 0.607. The number of methoxy groups -OCH3 is 1. The standard InChI is InChI=1S/C15H19FN2O7S/c1-9(14(20)21)18(7-6-17-10(2)19)26(23,24)13-5-4-11(16)8-12(13)15(22)25-3/h4-5,8-9H,6-7H2,1-3H3,(H,17,19)(H,20,21). The molecule has 0 fully saturated rings. The molecule has 1 aromatic carbocycles. The largest absolute Gasteiger partial charge is 0.480 e. The fourth-order valence-electron chi connectivity index (χ4n) is 2.11. The number of nitrogens with zero attached hydrogens (tertiary/aromatic N) is 1. The molecule has 1 atom stereocenters. The van der Waals surface area contributed by atoms with Crippen LogP contribution in [0, 0.1) is 5.82 Å². The minimum Gasteiger partial charge on any atom is -0.480 e. The van der Waals surface area contributed by atoms with Crippen LogP contribution >= 0.6 is 0 Å². The first-order valence-electron chi connectivity index (χ1n) is 7.39. The molecular weight excluding hydrogens is 371 g/mol. The number of carboxylic acid groups (broad SMARTS) is 1. The molecule has 1 unspecified atom stereocenters. The van der Waals surface area contributed by atoms with Crippen LogP contribution in [0.2, 0.25) is 0 Å². The van der Waals surface area contributed by atoms with Crippen molar-refractivity contribution in [1.82, 2.24) is 9.62 Å². The lowest BCUT2D eigenvalue weighted by Crippen LogP contribution is -2.47. The highest BCUT2D eigenvalue weighted by Gasteiger charge is 2.35. The minimum absolute atomic E-state index is 0.152. The number of carbonyl (C=O) groups is 3. The van der Waals surface area contributed by atoms with Gasteiger partial charge in [0.05, 0.1) is 17.6 Å². The van der Waals surface area contributed by atoms with E-state index in [1.165, 1.54) is 6.92 Å². The molecule has 144 valence electrons. The predicted octanol–water partition coefficient (Wildman–Crippen LogP) is 0.212. The lowest BCUT2D eigenvalue weighted by atomic mass is 10.2. The Balaban J connectivity index is 3.42. The zero-order valence-corrected chi connectivity index (χ0v) is 15.2. The molecule has 9 nitrogen and oxygen atoms in total. The number of sulfonamides is 1. The topological polar surface area (TPSA) is 130 Å². The fourth-order valence-corrected chi connectivity index (χ4v) is 3.86. The Morgan fingerprint density at radius 2 is 1.96 bits per heavy atom. The number of aliphatic carboxylic acids is 1. The molecule has 0 radical (unpaired) electrons. The number of hydrogen-bond acceptors (Lipinski definition) is 6. The molecule has 0 spiro atoms. The molecule has 1 amide bonds. The zero-order valence-electron chi connectivity index (χ0n) is 14.4. The molecule has 0 aliphatic heterocycles. The van der Waals surface area contributed by atoms with Crippen LogP contribution < -0.4 is 5.32 Å². The lowest BCUT2D eigenvalue weighted by Gasteiger charge is -2.26. The van der Waals surface area contributed by atoms with Crippen molar-refractivity contribution < 1.29 is 37.0 Å². The molecule has 0 aliphatic carbocycles. The summed E-state index contributed by atoms with van der Waals surface area (Å²) in [6.07, 6.45) is 0. The van der Waals surface area contributed by atoms with Gasteiger partial charge in [-0.2, -0.15) is 4.31 Å². The van der Waals surface area contributed by atoms with E-state index < -0.39 is 50.2 Å². The number of carboxylic acids is 1. The average Bonchev–Trinajstić information content (AvgIpc) is 2.56. The molecule has 11 heteroatoms. The van der Waals surface area contributed by atoms with E-state index in [2.05, 4.69) is 10.1 Å². The summed E-state index contributed by atoms with van der Waals surface area (Å²) in [5, 5.41) is 11.6. The number of halogens is 1. The Hall–Kier alpha value is -2.53. The van der Waals surface area contributed by atoms with Gasteiger partial charge in [-0.05, 0) is 25.1 Å². The summed E-state index contributed by atoms with van der Waals surface area (Å²) in [7, 11) is -3.51. The number of esters is 1. The number of ether oxygens (including phenoxy) is 1. The summed E-state index contributed by atoms with van der Waals surface area (Å²) in [4.78, 5) is 33.5. The van der Waals surface area contributed by atoms with Crippen LogP contribution in [0.4, 0.5) is 4.39 Å². The van der Waals surface area contributed by atoms with E-state index in [0.29, 0.717) is 10.4 Å². The van der Waals surface area contributed by atoms with E-state index in [9.17, 15) is 32.3 Å². The fraction of sp³-hybridized carbons (Fsp3) is 0.400. The van der Waals surface area contributed by atoms with Crippen LogP contribution in [0.15, 0.2) is 23.1 Å². The smallest absolute Gasteiger partial charge is 0.339 e. The molecule has 0 saturated carbocycles. The summed E-state index contributed by atoms with van der Waals surface area (Å²) in [6.45, 7) is 1.83. The van der Waals surface area contributed by atoms with Gasteiger partial charge in [-0.15, -0.1) is 0 Å². The summed E-state index contributed by atoms with van der Waals surface area (Å²) < 4.78 is 44.4. The molecule has 26 heavy (non-hydrogen) atoms. The zero-order chi connectivity index (χ0) is 20.1. The van der Waals surface area contributed by atoms with Crippen molar-refractivity contribution >= 4 is 27.9 Å². The van der Waals surface area contributed by atoms with Crippen molar-refractivity contribution in [1.29, 1.82) is 0 Å². The Bertz CT molecular complexity index is 810. The summed E-state index contributed by atoms with van der Waals surface area (Å²) >= 11 is 0. The van der Waals surface area contributed by atoms with E-state index >= 15 is 0 Å². The van der Waals surface area contributed by atoms with Crippen LogP contribution in [0.3, 0.4) is 0 Å². The maximum atomic E-state index is 13.5. The molecule has 0 aliphatic rings. The van der Waals surface area contributed by atoms with Gasteiger partial charge in [0.1, 0.15) is 11.9 Å². The molecule has 0 aromatic heterocycles. The van der Waals surface area contributed by atoms with E-state index in [0.717, 1.165) is 26.2 Å². The van der Waals surface area contributed by atoms with Crippen molar-refractivity contribution in [2.45, 2.75) is 24.8 Å². The van der Waals surface area contributed by atoms with Crippen molar-refractivity contribution in [3.63, 3.8) is 0 Å². The second kappa shape index (κ2) is 8.72. The maximum Gasteiger partial charge on any atom is 0.339 e. The van der Waals surface area contributed by atoms with Crippen molar-refractivity contribution in [3.05, 3.63) is 29.6 Å². The molecule has 2 N–H and O–H groups in total. The first kappa shape index (κ1) is 21.5. The van der Waals surface area contributed by atoms with E-state index in [-0.39, 0.29) is 13.1 Å². The highest BCUT2D eigenvalue weighted by molar-refractivity contribution is 7.89. The van der Waals surface area contributed by atoms with Gasteiger partial charge in [-0.3, -0.25) is 9.59 Å². The molecule has 1 aromatic rings. The number of benzene rings is 1. The number of nitrogens with one attached hydrogen (secondary N) is 1. The van der Waals surface area contributed by atoms with Crippen molar-refractivity contribution in [3.8, 4) is 0 Å². The first-order valence-corrected chi connectivity index (χ1v) is 8.83. The highest BCUT2D eigenvalue weighted by atomic mass is 32.2. The Morgan fingerprint density at radius 3 is 2.46 bits per heavy atom. The summed E-state index contributed by atoms with van der Waals surface area (Å²) in [6, 6.07) is 0.883. The third-order valence-corrected chi connectivity index (χ3v) is 5.46. The Kier molecular flexibility index (Phi) is 7.21. The number of carbonyl (C=O) groups excluding carboxylic acids is 2. The van der Waals surface area contributed by atoms with Crippen LogP contribution in [0.1, 0.15) is 24.2 Å². The molecule has 0 saturated heterocycles. The number of amides is 1. The second-order valence-electron chi connectivity index (χ2n) is 5.24. The Morgan fingerprint density at radius 1 is 1.35 bits per heavy atom. The number of rotatable bonds is 8. The monoisotopic (exact) mass is 390 g/mol. The van der Waals surface area contributed by atoms with Gasteiger partial charge in [0, 0.05) is 20.0 Å². The van der Waals surface area contributed by atoms with E-state index in [1.54, 1.807) is 0 Å². The normalized spacial score (nSPS) is 12.5. The van der Waals surface area contributed by atoms with Gasteiger partial charge in [-0.1, -0.05) is 0 Å². The number of hydrogen-bond donors (Lipinski definition) is 2. The predicted molar refractivity (Wildman–Crippen MR) is 87.4 cm³/mol. The molecule has 1 rings (SSSR count). The second-order valence-corrected chi connectivity index (χ2v) is 7.10. The third-order valence-electron chi connectivity index (χ3n) is 3.43. The van der Waals surface area contributed by atoms with Gasteiger partial charge in [0.15, 0.2) is 0 Å². The maximum absolute atomic E-state index is 13.5. The third kappa shape index (κ3) is 4.99. The SMILES string of the molecule is COC(=O)c1cc(F)ccc1S(=O)(=O)N(CCNC(C)=O)C(C)C(=O)O. The van der Waals surface area contributed by atoms with E-state index in [4.69, 9.17) is 0 Å². The van der Waals surface area contributed by atoms with Gasteiger partial charge in [0.25, 0.3) is 0 Å². The summed E-state index contributed by atoms with van der Waals surface area (Å²) in [5.41, 5.74) is -0.561. The molecule has 0 bridgehead atoms. The van der Waals surface area contributed by atoms with E-state index in [1.807, 2.05) is 0 Å². The van der Waals surface area contributed by atoms with Crippen molar-refractivity contribution in [2.24, 2.45) is 0 Å². The van der Waals surface area contributed by atoms with Gasteiger partial charge < -0.3 is 15.2 Å². The van der Waals surface area contributed by atoms with Crippen LogP contribution in [0.5, 0.6) is 0 Å².